The first-order valence-electron chi connectivity index (χ1n) is 8.98. The Balaban J connectivity index is 1.78. The largest absolute Gasteiger partial charge is 0.322 e. The lowest BCUT2D eigenvalue weighted by Gasteiger charge is -2.32. The Kier molecular flexibility index (Phi) is 5.89. The van der Waals surface area contributed by atoms with Crippen LogP contribution in [0.2, 0.25) is 5.02 Å². The molecule has 2 aromatic carbocycles. The summed E-state index contributed by atoms with van der Waals surface area (Å²) in [6, 6.07) is 11.3. The Bertz CT molecular complexity index is 942. The van der Waals surface area contributed by atoms with Gasteiger partial charge in [-0.25, -0.2) is 8.42 Å². The molecule has 0 spiro atoms. The molecule has 2 aromatic rings. The maximum Gasteiger partial charge on any atom is 0.255 e. The van der Waals surface area contributed by atoms with E-state index in [9.17, 15) is 13.2 Å². The first-order chi connectivity index (χ1) is 12.8. The second-order valence-electron chi connectivity index (χ2n) is 6.90. The minimum Gasteiger partial charge on any atom is -0.322 e. The van der Waals surface area contributed by atoms with Crippen LogP contribution < -0.4 is 5.32 Å². The third-order valence-corrected chi connectivity index (χ3v) is 7.18. The number of carbonyl (C=O) groups is 1. The predicted octanol–water partition coefficient (Wildman–Crippen LogP) is 4.46. The second kappa shape index (κ2) is 8.00. The maximum atomic E-state index is 12.9. The first-order valence-corrected chi connectivity index (χ1v) is 10.8. The summed E-state index contributed by atoms with van der Waals surface area (Å²) in [5, 5.41) is 3.35. The molecule has 1 atom stereocenters. The summed E-state index contributed by atoms with van der Waals surface area (Å²) in [4.78, 5) is 12.7. The van der Waals surface area contributed by atoms with Gasteiger partial charge in [-0.3, -0.25) is 4.79 Å². The summed E-state index contributed by atoms with van der Waals surface area (Å²) in [5.74, 6) is -0.310. The van der Waals surface area contributed by atoms with Crippen LogP contribution >= 0.6 is 11.6 Å². The molecule has 27 heavy (non-hydrogen) atoms. The van der Waals surface area contributed by atoms with Crippen molar-refractivity contribution in [3.05, 3.63) is 58.6 Å². The first kappa shape index (κ1) is 19.9. The van der Waals surface area contributed by atoms with Crippen molar-refractivity contribution in [2.45, 2.75) is 44.0 Å². The van der Waals surface area contributed by atoms with Gasteiger partial charge in [-0.15, -0.1) is 0 Å². The third kappa shape index (κ3) is 4.34. The van der Waals surface area contributed by atoms with E-state index in [-0.39, 0.29) is 16.8 Å². The Labute approximate surface area is 165 Å². The molecule has 1 amide bonds. The Hall–Kier alpha value is -1.89. The number of benzene rings is 2. The number of hydrogen-bond donors (Lipinski definition) is 1. The SMILES string of the molecule is Cc1ccc(Cl)cc1NC(=O)c1ccc(S(=O)(=O)N2CCCC[C@@H]2C)cc1. The van der Waals surface area contributed by atoms with Crippen LogP contribution in [0.15, 0.2) is 47.4 Å². The fourth-order valence-electron chi connectivity index (χ4n) is 3.27. The van der Waals surface area contributed by atoms with Crippen molar-refractivity contribution in [2.24, 2.45) is 0 Å². The molecule has 0 saturated carbocycles. The molecule has 1 saturated heterocycles. The number of piperidine rings is 1. The zero-order valence-electron chi connectivity index (χ0n) is 15.4. The molecule has 0 unspecified atom stereocenters. The van der Waals surface area contributed by atoms with Gasteiger partial charge < -0.3 is 5.32 Å². The molecule has 1 N–H and O–H groups in total. The Morgan fingerprint density at radius 3 is 2.52 bits per heavy atom. The quantitative estimate of drug-likeness (QED) is 0.814. The molecule has 0 radical (unpaired) electrons. The minimum atomic E-state index is -3.54. The van der Waals surface area contributed by atoms with Crippen LogP contribution in [0.3, 0.4) is 0 Å². The van der Waals surface area contributed by atoms with E-state index in [2.05, 4.69) is 5.32 Å². The number of aryl methyl sites for hydroxylation is 1. The summed E-state index contributed by atoms with van der Waals surface area (Å²) in [6.07, 6.45) is 2.80. The highest BCUT2D eigenvalue weighted by atomic mass is 35.5. The van der Waals surface area contributed by atoms with E-state index in [0.29, 0.717) is 22.8 Å². The topological polar surface area (TPSA) is 66.5 Å². The number of carbonyl (C=O) groups excluding carboxylic acids is 1. The number of halogens is 1. The van der Waals surface area contributed by atoms with E-state index in [1.807, 2.05) is 19.9 Å². The highest BCUT2D eigenvalue weighted by molar-refractivity contribution is 7.89. The van der Waals surface area contributed by atoms with Crippen LogP contribution in [0, 0.1) is 6.92 Å². The number of nitrogens with one attached hydrogen (secondary N) is 1. The molecule has 144 valence electrons. The van der Waals surface area contributed by atoms with Crippen LogP contribution in [-0.2, 0) is 10.0 Å². The summed E-state index contributed by atoms with van der Waals surface area (Å²) in [6.45, 7) is 4.35. The lowest BCUT2D eigenvalue weighted by atomic mass is 10.1. The average Bonchev–Trinajstić information content (AvgIpc) is 2.65. The lowest BCUT2D eigenvalue weighted by Crippen LogP contribution is -2.41. The molecule has 1 fully saturated rings. The summed E-state index contributed by atoms with van der Waals surface area (Å²) in [5.41, 5.74) is 1.91. The van der Waals surface area contributed by atoms with Gasteiger partial charge in [0.15, 0.2) is 0 Å². The standard InChI is InChI=1S/C20H23ClN2O3S/c1-14-6-9-17(21)13-19(14)22-20(24)16-7-10-18(11-8-16)27(25,26)23-12-4-3-5-15(23)2/h6-11,13,15H,3-5,12H2,1-2H3,(H,22,24)/t15-/m0/s1. The van der Waals surface area contributed by atoms with Gasteiger partial charge in [-0.2, -0.15) is 4.31 Å². The summed E-state index contributed by atoms with van der Waals surface area (Å²) >= 11 is 5.98. The highest BCUT2D eigenvalue weighted by Crippen LogP contribution is 2.26. The van der Waals surface area contributed by atoms with Crippen LogP contribution in [0.5, 0.6) is 0 Å². The average molecular weight is 407 g/mol. The Morgan fingerprint density at radius 1 is 1.15 bits per heavy atom. The lowest BCUT2D eigenvalue weighted by molar-refractivity contribution is 0.102. The normalized spacial score (nSPS) is 18.3. The van der Waals surface area contributed by atoms with Gasteiger partial charge in [0.05, 0.1) is 4.90 Å². The van der Waals surface area contributed by atoms with Crippen LogP contribution in [0.25, 0.3) is 0 Å². The number of sulfonamides is 1. The molecule has 3 rings (SSSR count). The molecule has 7 heteroatoms. The molecule has 0 bridgehead atoms. The highest BCUT2D eigenvalue weighted by Gasteiger charge is 2.30. The van der Waals surface area contributed by atoms with Crippen LogP contribution in [0.4, 0.5) is 5.69 Å². The molecular weight excluding hydrogens is 384 g/mol. The fraction of sp³-hybridized carbons (Fsp3) is 0.350. The van der Waals surface area contributed by atoms with Gasteiger partial charge >= 0.3 is 0 Å². The van der Waals surface area contributed by atoms with Crippen LogP contribution in [-0.4, -0.2) is 31.2 Å². The molecule has 5 nitrogen and oxygen atoms in total. The van der Waals surface area contributed by atoms with Gasteiger partial charge in [0.1, 0.15) is 0 Å². The van der Waals surface area contributed by atoms with Crippen molar-refractivity contribution in [3.8, 4) is 0 Å². The third-order valence-electron chi connectivity index (χ3n) is 4.91. The zero-order chi connectivity index (χ0) is 19.6. The van der Waals surface area contributed by atoms with E-state index < -0.39 is 10.0 Å². The molecule has 0 aromatic heterocycles. The van der Waals surface area contributed by atoms with E-state index in [4.69, 9.17) is 11.6 Å². The van der Waals surface area contributed by atoms with Crippen LogP contribution in [0.1, 0.15) is 42.1 Å². The van der Waals surface area contributed by atoms with Gasteiger partial charge in [0.25, 0.3) is 5.91 Å². The molecule has 1 heterocycles. The number of hydrogen-bond acceptors (Lipinski definition) is 3. The summed E-state index contributed by atoms with van der Waals surface area (Å²) < 4.78 is 27.3. The monoisotopic (exact) mass is 406 g/mol. The van der Waals surface area contributed by atoms with Crippen molar-refractivity contribution in [2.75, 3.05) is 11.9 Å². The van der Waals surface area contributed by atoms with E-state index in [1.54, 1.807) is 16.4 Å². The molecular formula is C20H23ClN2O3S. The molecule has 0 aliphatic carbocycles. The maximum absolute atomic E-state index is 12.9. The van der Waals surface area contributed by atoms with E-state index in [1.165, 1.54) is 24.3 Å². The molecule has 1 aliphatic heterocycles. The number of amides is 1. The van der Waals surface area contributed by atoms with E-state index in [0.717, 1.165) is 24.8 Å². The Morgan fingerprint density at radius 2 is 1.85 bits per heavy atom. The van der Waals surface area contributed by atoms with Crippen molar-refractivity contribution in [3.63, 3.8) is 0 Å². The van der Waals surface area contributed by atoms with Gasteiger partial charge in [0, 0.05) is 28.9 Å². The zero-order valence-corrected chi connectivity index (χ0v) is 17.0. The van der Waals surface area contributed by atoms with Crippen molar-refractivity contribution in [1.29, 1.82) is 0 Å². The van der Waals surface area contributed by atoms with Gasteiger partial charge in [0.2, 0.25) is 10.0 Å². The van der Waals surface area contributed by atoms with Crippen molar-refractivity contribution < 1.29 is 13.2 Å². The fourth-order valence-corrected chi connectivity index (χ4v) is 5.14. The predicted molar refractivity (Wildman–Crippen MR) is 108 cm³/mol. The minimum absolute atomic E-state index is 0.00229. The number of rotatable bonds is 4. The summed E-state index contributed by atoms with van der Waals surface area (Å²) in [7, 11) is -3.54. The van der Waals surface area contributed by atoms with E-state index >= 15 is 0 Å². The smallest absolute Gasteiger partial charge is 0.255 e. The second-order valence-corrected chi connectivity index (χ2v) is 9.23. The van der Waals surface area contributed by atoms with Crippen molar-refractivity contribution in [1.82, 2.24) is 4.31 Å². The van der Waals surface area contributed by atoms with Gasteiger partial charge in [-0.05, 0) is 68.7 Å². The van der Waals surface area contributed by atoms with Gasteiger partial charge in [-0.1, -0.05) is 24.1 Å². The van der Waals surface area contributed by atoms with Crippen molar-refractivity contribution >= 4 is 33.2 Å². The number of anilines is 1. The number of nitrogens with zero attached hydrogens (tertiary/aromatic N) is 1. The molecule has 1 aliphatic rings.